The van der Waals surface area contributed by atoms with Crippen molar-refractivity contribution in [2.45, 2.75) is 12.2 Å². The molecule has 1 heterocycles. The van der Waals surface area contributed by atoms with Crippen molar-refractivity contribution < 1.29 is 20.1 Å². The van der Waals surface area contributed by atoms with Gasteiger partial charge in [0.2, 0.25) is 0 Å². The van der Waals surface area contributed by atoms with Gasteiger partial charge in [-0.3, -0.25) is 4.79 Å². The Kier molecular flexibility index (Phi) is 2.43. The van der Waals surface area contributed by atoms with Crippen LogP contribution in [0.25, 0.3) is 0 Å². The molecule has 5 heteroatoms. The van der Waals surface area contributed by atoms with Crippen molar-refractivity contribution in [3.63, 3.8) is 0 Å². The average molecular weight is 161 g/mol. The molecular weight excluding hydrogens is 150 g/mol. The van der Waals surface area contributed by atoms with E-state index < -0.39 is 24.1 Å². The summed E-state index contributed by atoms with van der Waals surface area (Å²) >= 11 is 0. The van der Waals surface area contributed by atoms with E-state index in [4.69, 9.17) is 15.3 Å². The third-order valence-corrected chi connectivity index (χ3v) is 1.84. The first-order chi connectivity index (χ1) is 5.13. The lowest BCUT2D eigenvalue weighted by Gasteiger charge is -2.29. The van der Waals surface area contributed by atoms with E-state index in [1.165, 1.54) is 0 Å². The van der Waals surface area contributed by atoms with Gasteiger partial charge in [0.1, 0.15) is 0 Å². The molecular formula is C6H11NO4. The van der Waals surface area contributed by atoms with Crippen LogP contribution in [0, 0.1) is 5.92 Å². The number of piperidine rings is 1. The second-order valence-electron chi connectivity index (χ2n) is 2.66. The first-order valence-corrected chi connectivity index (χ1v) is 3.42. The fourth-order valence-electron chi connectivity index (χ4n) is 1.13. The van der Waals surface area contributed by atoms with Crippen molar-refractivity contribution >= 4 is 5.97 Å². The number of aliphatic hydroxyl groups excluding tert-OH is 2. The van der Waals surface area contributed by atoms with Gasteiger partial charge in [0.25, 0.3) is 0 Å². The van der Waals surface area contributed by atoms with Crippen LogP contribution in [0.3, 0.4) is 0 Å². The minimum absolute atomic E-state index is 0.216. The molecule has 1 fully saturated rings. The third-order valence-electron chi connectivity index (χ3n) is 1.84. The summed E-state index contributed by atoms with van der Waals surface area (Å²) in [4.78, 5) is 10.4. The van der Waals surface area contributed by atoms with Gasteiger partial charge in [-0.15, -0.1) is 0 Å². The van der Waals surface area contributed by atoms with E-state index in [1.807, 2.05) is 0 Å². The predicted molar refractivity (Wildman–Crippen MR) is 36.0 cm³/mol. The quantitative estimate of drug-likeness (QED) is 0.357. The van der Waals surface area contributed by atoms with E-state index in [0.29, 0.717) is 0 Å². The van der Waals surface area contributed by atoms with Crippen molar-refractivity contribution in [2.24, 2.45) is 5.92 Å². The molecule has 0 saturated carbocycles. The Hall–Kier alpha value is -0.650. The predicted octanol–water partition coefficient (Wildman–Crippen LogP) is -1.99. The summed E-state index contributed by atoms with van der Waals surface area (Å²) in [5, 5.41) is 29.4. The number of rotatable bonds is 1. The van der Waals surface area contributed by atoms with E-state index in [9.17, 15) is 4.79 Å². The van der Waals surface area contributed by atoms with Crippen molar-refractivity contribution in [2.75, 3.05) is 13.1 Å². The smallest absolute Gasteiger partial charge is 0.310 e. The molecule has 4 N–H and O–H groups in total. The van der Waals surface area contributed by atoms with Crippen LogP contribution in [-0.2, 0) is 4.79 Å². The van der Waals surface area contributed by atoms with Gasteiger partial charge in [-0.05, 0) is 0 Å². The van der Waals surface area contributed by atoms with E-state index >= 15 is 0 Å². The molecule has 3 atom stereocenters. The highest BCUT2D eigenvalue weighted by Crippen LogP contribution is 2.11. The maximum Gasteiger partial charge on any atom is 0.310 e. The zero-order valence-electron chi connectivity index (χ0n) is 5.90. The maximum absolute atomic E-state index is 10.4. The van der Waals surface area contributed by atoms with Gasteiger partial charge in [0.05, 0.1) is 18.1 Å². The van der Waals surface area contributed by atoms with Crippen LogP contribution >= 0.6 is 0 Å². The number of hydrogen-bond acceptors (Lipinski definition) is 4. The third kappa shape index (κ3) is 1.68. The highest BCUT2D eigenvalue weighted by Gasteiger charge is 2.34. The largest absolute Gasteiger partial charge is 0.481 e. The van der Waals surface area contributed by atoms with E-state index in [0.717, 1.165) is 0 Å². The van der Waals surface area contributed by atoms with Gasteiger partial charge in [-0.25, -0.2) is 0 Å². The van der Waals surface area contributed by atoms with Gasteiger partial charge in [0, 0.05) is 13.1 Å². The molecule has 5 nitrogen and oxygen atoms in total. The number of hydrogen-bond donors (Lipinski definition) is 4. The van der Waals surface area contributed by atoms with Crippen LogP contribution in [0.15, 0.2) is 0 Å². The van der Waals surface area contributed by atoms with E-state index in [-0.39, 0.29) is 13.1 Å². The van der Waals surface area contributed by atoms with Gasteiger partial charge in [-0.2, -0.15) is 0 Å². The second-order valence-corrected chi connectivity index (χ2v) is 2.66. The summed E-state index contributed by atoms with van der Waals surface area (Å²) in [5.41, 5.74) is 0. The monoisotopic (exact) mass is 161 g/mol. The van der Waals surface area contributed by atoms with Crippen LogP contribution in [0.1, 0.15) is 0 Å². The number of aliphatic carboxylic acids is 1. The van der Waals surface area contributed by atoms with Gasteiger partial charge in [-0.1, -0.05) is 0 Å². The summed E-state index contributed by atoms with van der Waals surface area (Å²) in [5.74, 6) is -1.97. The molecule has 1 rings (SSSR count). The minimum atomic E-state index is -1.14. The van der Waals surface area contributed by atoms with Crippen molar-refractivity contribution in [3.05, 3.63) is 0 Å². The molecule has 64 valence electrons. The molecule has 11 heavy (non-hydrogen) atoms. The Labute approximate surface area is 63.7 Å². The number of carbonyl (C=O) groups is 1. The molecule has 0 aliphatic carbocycles. The molecule has 1 aliphatic heterocycles. The molecule has 1 saturated heterocycles. The van der Waals surface area contributed by atoms with Crippen molar-refractivity contribution in [3.8, 4) is 0 Å². The normalized spacial score (nSPS) is 38.5. The highest BCUT2D eigenvalue weighted by molar-refractivity contribution is 5.71. The highest BCUT2D eigenvalue weighted by atomic mass is 16.4. The number of nitrogens with one attached hydrogen (secondary N) is 1. The number of carboxylic acids is 1. The molecule has 1 unspecified atom stereocenters. The van der Waals surface area contributed by atoms with E-state index in [1.54, 1.807) is 0 Å². The summed E-state index contributed by atoms with van der Waals surface area (Å²) < 4.78 is 0. The molecule has 0 amide bonds. The minimum Gasteiger partial charge on any atom is -0.481 e. The molecule has 0 aromatic heterocycles. The Balaban J connectivity index is 2.58. The summed E-state index contributed by atoms with van der Waals surface area (Å²) in [6.45, 7) is 0.471. The standard InChI is InChI=1S/C6H11NO4/c8-4-2-7-1-3(5(4)9)6(10)11/h3-5,7-9H,1-2H2,(H,10,11)/t3?,4-,5+/m0/s1. The fraction of sp³-hybridized carbons (Fsp3) is 0.833. The van der Waals surface area contributed by atoms with Crippen LogP contribution in [0.5, 0.6) is 0 Å². The topological polar surface area (TPSA) is 89.8 Å². The second kappa shape index (κ2) is 3.17. The zero-order chi connectivity index (χ0) is 8.43. The number of aliphatic hydroxyl groups is 2. The maximum atomic E-state index is 10.4. The Bertz CT molecular complexity index is 161. The SMILES string of the molecule is O=C(O)C1CNC[C@H](O)[C@@H]1O. The lowest BCUT2D eigenvalue weighted by molar-refractivity contribution is -0.150. The first kappa shape index (κ1) is 8.45. The molecule has 0 aromatic rings. The van der Waals surface area contributed by atoms with Crippen LogP contribution in [0.2, 0.25) is 0 Å². The van der Waals surface area contributed by atoms with Crippen molar-refractivity contribution in [1.29, 1.82) is 0 Å². The Morgan fingerprint density at radius 3 is 2.45 bits per heavy atom. The Morgan fingerprint density at radius 1 is 1.36 bits per heavy atom. The average Bonchev–Trinajstić information content (AvgIpc) is 1.94. The molecule has 0 bridgehead atoms. The summed E-state index contributed by atoms with van der Waals surface area (Å²) in [7, 11) is 0. The van der Waals surface area contributed by atoms with Crippen molar-refractivity contribution in [1.82, 2.24) is 5.32 Å². The lowest BCUT2D eigenvalue weighted by atomic mass is 9.94. The van der Waals surface area contributed by atoms with Crippen LogP contribution in [-0.4, -0.2) is 46.6 Å². The molecule has 0 radical (unpaired) electrons. The van der Waals surface area contributed by atoms with Gasteiger partial charge in [0.15, 0.2) is 0 Å². The summed E-state index contributed by atoms with van der Waals surface area (Å²) in [6, 6.07) is 0. The Morgan fingerprint density at radius 2 is 2.00 bits per heavy atom. The van der Waals surface area contributed by atoms with Crippen LogP contribution in [0.4, 0.5) is 0 Å². The molecule has 0 spiro atoms. The van der Waals surface area contributed by atoms with E-state index in [2.05, 4.69) is 5.32 Å². The van der Waals surface area contributed by atoms with Crippen LogP contribution < -0.4 is 5.32 Å². The number of carboxylic acid groups (broad SMARTS) is 1. The lowest BCUT2D eigenvalue weighted by Crippen LogP contribution is -2.52. The molecule has 1 aliphatic rings. The fourth-order valence-corrected chi connectivity index (χ4v) is 1.13. The summed E-state index contributed by atoms with van der Waals surface area (Å²) in [6.07, 6.45) is -2.11. The van der Waals surface area contributed by atoms with Gasteiger partial charge < -0.3 is 20.6 Å². The zero-order valence-corrected chi connectivity index (χ0v) is 5.90. The first-order valence-electron chi connectivity index (χ1n) is 3.42. The van der Waals surface area contributed by atoms with Gasteiger partial charge >= 0.3 is 5.97 Å². The number of β-amino-alcohol motifs (C(OH)–C–C–N with tert-alkyl or cyclic N) is 1. The molecule has 0 aromatic carbocycles.